The molecule has 6 nitrogen and oxygen atoms in total. The lowest BCUT2D eigenvalue weighted by atomic mass is 10.1. The third-order valence-electron chi connectivity index (χ3n) is 5.50. The molecule has 0 radical (unpaired) electrons. The van der Waals surface area contributed by atoms with Crippen molar-refractivity contribution in [3.63, 3.8) is 0 Å². The van der Waals surface area contributed by atoms with Crippen LogP contribution in [0.15, 0.2) is 59.5 Å². The predicted molar refractivity (Wildman–Crippen MR) is 140 cm³/mol. The summed E-state index contributed by atoms with van der Waals surface area (Å²) in [4.78, 5) is 29.4. The van der Waals surface area contributed by atoms with Gasteiger partial charge in [0.2, 0.25) is 5.91 Å². The maximum Gasteiger partial charge on any atom is 0.266 e. The first-order valence-electron chi connectivity index (χ1n) is 11.3. The molecule has 34 heavy (non-hydrogen) atoms. The molecule has 2 aromatic carbocycles. The lowest BCUT2D eigenvalue weighted by molar-refractivity contribution is -0.132. The number of amides is 2. The fourth-order valence-corrected chi connectivity index (χ4v) is 4.95. The molecule has 0 spiro atoms. The number of ether oxygens (including phenoxy) is 1. The number of aliphatic hydroxyl groups excluding tert-OH is 1. The zero-order valence-electron chi connectivity index (χ0n) is 19.3. The molecule has 180 valence electrons. The Balaban J connectivity index is 1.43. The zero-order valence-corrected chi connectivity index (χ0v) is 20.9. The van der Waals surface area contributed by atoms with Crippen molar-refractivity contribution in [2.45, 2.75) is 32.2 Å². The Kier molecular flexibility index (Phi) is 10.1. The smallest absolute Gasteiger partial charge is 0.266 e. The molecule has 1 heterocycles. The number of carbonyl (C=O) groups excluding carboxylic acids is 2. The van der Waals surface area contributed by atoms with E-state index < -0.39 is 0 Å². The molecule has 0 unspecified atom stereocenters. The highest BCUT2D eigenvalue weighted by Crippen LogP contribution is 2.33. The van der Waals surface area contributed by atoms with Crippen LogP contribution in [0.5, 0.6) is 5.75 Å². The Hall–Kier alpha value is -2.68. The van der Waals surface area contributed by atoms with Crippen molar-refractivity contribution in [2.24, 2.45) is 0 Å². The topological polar surface area (TPSA) is 70.1 Å². The van der Waals surface area contributed by atoms with Gasteiger partial charge in [-0.1, -0.05) is 72.9 Å². The normalized spacial score (nSPS) is 14.6. The van der Waals surface area contributed by atoms with E-state index in [0.717, 1.165) is 36.1 Å². The Morgan fingerprint density at radius 3 is 2.53 bits per heavy atom. The summed E-state index contributed by atoms with van der Waals surface area (Å²) in [5.41, 5.74) is 1.96. The molecule has 0 saturated carbocycles. The van der Waals surface area contributed by atoms with Crippen molar-refractivity contribution < 1.29 is 19.4 Å². The van der Waals surface area contributed by atoms with E-state index in [2.05, 4.69) is 0 Å². The van der Waals surface area contributed by atoms with Gasteiger partial charge in [-0.15, -0.1) is 0 Å². The van der Waals surface area contributed by atoms with Gasteiger partial charge < -0.3 is 14.7 Å². The first kappa shape index (κ1) is 25.9. The summed E-state index contributed by atoms with van der Waals surface area (Å²) in [5.74, 6) is 0.729. The summed E-state index contributed by atoms with van der Waals surface area (Å²) in [5, 5.41) is 9.33. The van der Waals surface area contributed by atoms with Gasteiger partial charge in [-0.25, -0.2) is 0 Å². The van der Waals surface area contributed by atoms with Crippen molar-refractivity contribution in [1.82, 2.24) is 9.80 Å². The number of hydrogen-bond donors (Lipinski definition) is 1. The van der Waals surface area contributed by atoms with Crippen LogP contribution in [0, 0.1) is 0 Å². The Morgan fingerprint density at radius 2 is 1.85 bits per heavy atom. The summed E-state index contributed by atoms with van der Waals surface area (Å²) in [6.45, 7) is 1.31. The van der Waals surface area contributed by atoms with E-state index in [1.807, 2.05) is 60.7 Å². The molecule has 8 heteroatoms. The van der Waals surface area contributed by atoms with Crippen LogP contribution in [0.4, 0.5) is 0 Å². The summed E-state index contributed by atoms with van der Waals surface area (Å²) in [6.07, 6.45) is 4.58. The van der Waals surface area contributed by atoms with Gasteiger partial charge in [0.1, 0.15) is 10.1 Å². The van der Waals surface area contributed by atoms with Crippen molar-refractivity contribution in [3.8, 4) is 5.75 Å². The first-order chi connectivity index (χ1) is 16.5. The predicted octanol–water partition coefficient (Wildman–Crippen LogP) is 4.48. The second-order valence-corrected chi connectivity index (χ2v) is 9.62. The van der Waals surface area contributed by atoms with Crippen molar-refractivity contribution in [1.29, 1.82) is 0 Å². The van der Waals surface area contributed by atoms with Gasteiger partial charge in [0.15, 0.2) is 0 Å². The van der Waals surface area contributed by atoms with Gasteiger partial charge in [-0.2, -0.15) is 0 Å². The second kappa shape index (κ2) is 13.3. The minimum atomic E-state index is -0.0705. The van der Waals surface area contributed by atoms with Gasteiger partial charge >= 0.3 is 0 Å². The molecule has 1 N–H and O–H groups in total. The average Bonchev–Trinajstić information content (AvgIpc) is 3.11. The van der Waals surface area contributed by atoms with Crippen LogP contribution in [0.25, 0.3) is 6.08 Å². The monoisotopic (exact) mass is 498 g/mol. The SMILES string of the molecule is COc1ccc(C=C2SC(=S)N(CCCCCC(=O)N(CCO)Cc3ccccc3)C2=O)cc1. The van der Waals surface area contributed by atoms with E-state index in [4.69, 9.17) is 17.0 Å². The van der Waals surface area contributed by atoms with Crippen LogP contribution < -0.4 is 4.74 Å². The second-order valence-electron chi connectivity index (χ2n) is 7.94. The standard InChI is InChI=1S/C26H30N2O4S2/c1-32-22-13-11-20(12-14-22)18-23-25(31)28(26(33)34-23)15-7-3-6-10-24(30)27(16-17-29)19-21-8-4-2-5-9-21/h2,4-5,8-9,11-14,18,29H,3,6-7,10,15-17,19H2,1H3. The van der Waals surface area contributed by atoms with Crippen LogP contribution in [0.2, 0.25) is 0 Å². The number of hydrogen-bond acceptors (Lipinski definition) is 6. The molecule has 0 bridgehead atoms. The van der Waals surface area contributed by atoms with E-state index in [0.29, 0.717) is 35.3 Å². The fourth-order valence-electron chi connectivity index (χ4n) is 3.64. The Morgan fingerprint density at radius 1 is 1.12 bits per heavy atom. The highest BCUT2D eigenvalue weighted by Gasteiger charge is 2.31. The summed E-state index contributed by atoms with van der Waals surface area (Å²) < 4.78 is 5.74. The number of thiocarbonyl (C=S) groups is 1. The molecular weight excluding hydrogens is 468 g/mol. The Bertz CT molecular complexity index is 1010. The molecule has 2 aromatic rings. The molecule has 3 rings (SSSR count). The number of thioether (sulfide) groups is 1. The number of nitrogens with zero attached hydrogens (tertiary/aromatic N) is 2. The maximum absolute atomic E-state index is 12.8. The number of benzene rings is 2. The third-order valence-corrected chi connectivity index (χ3v) is 6.88. The summed E-state index contributed by atoms with van der Waals surface area (Å²) in [6, 6.07) is 17.3. The van der Waals surface area contributed by atoms with Gasteiger partial charge in [0, 0.05) is 26.1 Å². The van der Waals surface area contributed by atoms with Gasteiger partial charge in [0.25, 0.3) is 5.91 Å². The van der Waals surface area contributed by atoms with Gasteiger partial charge in [-0.05, 0) is 42.2 Å². The fraction of sp³-hybridized carbons (Fsp3) is 0.346. The average molecular weight is 499 g/mol. The minimum absolute atomic E-state index is 0.0333. The molecule has 1 aliphatic rings. The van der Waals surface area contributed by atoms with E-state index in [1.54, 1.807) is 16.9 Å². The van der Waals surface area contributed by atoms with E-state index in [-0.39, 0.29) is 18.4 Å². The number of carbonyl (C=O) groups is 2. The molecular formula is C26H30N2O4S2. The molecule has 0 aliphatic carbocycles. The third kappa shape index (κ3) is 7.41. The van der Waals surface area contributed by atoms with E-state index in [9.17, 15) is 14.7 Å². The highest BCUT2D eigenvalue weighted by atomic mass is 32.2. The van der Waals surface area contributed by atoms with Crippen molar-refractivity contribution in [3.05, 3.63) is 70.6 Å². The zero-order chi connectivity index (χ0) is 24.3. The lowest BCUT2D eigenvalue weighted by Crippen LogP contribution is -2.33. The summed E-state index contributed by atoms with van der Waals surface area (Å²) in [7, 11) is 1.62. The highest BCUT2D eigenvalue weighted by molar-refractivity contribution is 8.26. The maximum atomic E-state index is 12.8. The number of aliphatic hydroxyl groups is 1. The van der Waals surface area contributed by atoms with Crippen LogP contribution in [0.3, 0.4) is 0 Å². The molecule has 1 aliphatic heterocycles. The van der Waals surface area contributed by atoms with Gasteiger partial charge in [-0.3, -0.25) is 14.5 Å². The first-order valence-corrected chi connectivity index (χ1v) is 12.6. The van der Waals surface area contributed by atoms with E-state index >= 15 is 0 Å². The number of unbranched alkanes of at least 4 members (excludes halogenated alkanes) is 2. The van der Waals surface area contributed by atoms with Crippen molar-refractivity contribution in [2.75, 3.05) is 26.8 Å². The van der Waals surface area contributed by atoms with Crippen LogP contribution in [0.1, 0.15) is 36.8 Å². The molecule has 2 amide bonds. The van der Waals surface area contributed by atoms with Crippen LogP contribution >= 0.6 is 24.0 Å². The lowest BCUT2D eigenvalue weighted by Gasteiger charge is -2.22. The molecule has 0 aromatic heterocycles. The van der Waals surface area contributed by atoms with Crippen LogP contribution in [-0.2, 0) is 16.1 Å². The van der Waals surface area contributed by atoms with Crippen molar-refractivity contribution >= 4 is 46.2 Å². The van der Waals surface area contributed by atoms with Gasteiger partial charge in [0.05, 0.1) is 18.6 Å². The quantitative estimate of drug-likeness (QED) is 0.264. The largest absolute Gasteiger partial charge is 0.497 e. The van der Waals surface area contributed by atoms with Crippen LogP contribution in [-0.4, -0.2) is 57.8 Å². The number of rotatable bonds is 12. The number of methoxy groups -OCH3 is 1. The Labute approximate surface area is 210 Å². The summed E-state index contributed by atoms with van der Waals surface area (Å²) >= 11 is 6.74. The molecule has 0 atom stereocenters. The minimum Gasteiger partial charge on any atom is -0.497 e. The molecule has 1 fully saturated rings. The van der Waals surface area contributed by atoms with E-state index in [1.165, 1.54) is 11.8 Å². The molecule has 1 saturated heterocycles.